The van der Waals surface area contributed by atoms with Crippen LogP contribution >= 0.6 is 0 Å². The molecule has 0 radical (unpaired) electrons. The first-order valence-corrected chi connectivity index (χ1v) is 6.23. The third kappa shape index (κ3) is 3.78. The van der Waals surface area contributed by atoms with E-state index in [-0.39, 0.29) is 18.6 Å². The number of amides is 1. The maximum Gasteiger partial charge on any atom is 0.252 e. The van der Waals surface area contributed by atoms with Gasteiger partial charge in [-0.05, 0) is 18.9 Å². The molecule has 5 heteroatoms. The van der Waals surface area contributed by atoms with E-state index in [1.807, 2.05) is 0 Å². The largest absolute Gasteiger partial charge is 0.384 e. The zero-order valence-corrected chi connectivity index (χ0v) is 10.6. The summed E-state index contributed by atoms with van der Waals surface area (Å²) in [6, 6.07) is 1.67. The quantitative estimate of drug-likeness (QED) is 0.752. The molecule has 1 saturated heterocycles. The predicted molar refractivity (Wildman–Crippen MR) is 69.5 cm³/mol. The highest BCUT2D eigenvalue weighted by molar-refractivity contribution is 5.96. The van der Waals surface area contributed by atoms with Crippen LogP contribution in [0.2, 0.25) is 0 Å². The Kier molecular flexibility index (Phi) is 4.90. The van der Waals surface area contributed by atoms with E-state index in [4.69, 9.17) is 9.84 Å². The van der Waals surface area contributed by atoms with Crippen LogP contribution in [0.1, 0.15) is 28.8 Å². The molecule has 2 heterocycles. The molecule has 19 heavy (non-hydrogen) atoms. The van der Waals surface area contributed by atoms with Gasteiger partial charge in [0.25, 0.3) is 5.91 Å². The number of aromatic nitrogens is 1. The molecular weight excluding hydrogens is 244 g/mol. The average Bonchev–Trinajstić information content (AvgIpc) is 2.46. The van der Waals surface area contributed by atoms with E-state index in [2.05, 4.69) is 22.1 Å². The zero-order chi connectivity index (χ0) is 13.5. The van der Waals surface area contributed by atoms with E-state index >= 15 is 0 Å². The van der Waals surface area contributed by atoms with Crippen LogP contribution in [0.4, 0.5) is 0 Å². The number of ether oxygens (including phenoxy) is 1. The van der Waals surface area contributed by atoms with Crippen molar-refractivity contribution in [2.75, 3.05) is 19.8 Å². The van der Waals surface area contributed by atoms with Gasteiger partial charge in [0.1, 0.15) is 6.61 Å². The molecule has 0 aliphatic carbocycles. The first-order chi connectivity index (χ1) is 9.31. The van der Waals surface area contributed by atoms with Crippen molar-refractivity contribution in [1.29, 1.82) is 0 Å². The summed E-state index contributed by atoms with van der Waals surface area (Å²) in [5.74, 6) is 5.07. The van der Waals surface area contributed by atoms with Gasteiger partial charge in [-0.25, -0.2) is 0 Å². The minimum atomic E-state index is -0.244. The van der Waals surface area contributed by atoms with E-state index in [0.717, 1.165) is 19.4 Å². The van der Waals surface area contributed by atoms with Gasteiger partial charge in [0, 0.05) is 19.0 Å². The lowest BCUT2D eigenvalue weighted by Crippen LogP contribution is -2.40. The number of aliphatic hydroxyl groups excluding tert-OH is 1. The number of hydrogen-bond donors (Lipinski definition) is 2. The first-order valence-electron chi connectivity index (χ1n) is 6.23. The Bertz CT molecular complexity index is 499. The summed E-state index contributed by atoms with van der Waals surface area (Å²) in [5.41, 5.74) is 0.993. The van der Waals surface area contributed by atoms with Crippen LogP contribution in [0.3, 0.4) is 0 Å². The number of hydrogen-bond acceptors (Lipinski definition) is 4. The molecule has 0 aromatic carbocycles. The summed E-state index contributed by atoms with van der Waals surface area (Å²) in [7, 11) is 0. The Morgan fingerprint density at radius 2 is 2.53 bits per heavy atom. The highest BCUT2D eigenvalue weighted by Gasteiger charge is 2.18. The highest BCUT2D eigenvalue weighted by Crippen LogP contribution is 2.09. The van der Waals surface area contributed by atoms with Crippen molar-refractivity contribution < 1.29 is 14.6 Å². The van der Waals surface area contributed by atoms with Crippen LogP contribution in [0, 0.1) is 11.8 Å². The van der Waals surface area contributed by atoms with E-state index in [1.54, 1.807) is 12.3 Å². The summed E-state index contributed by atoms with van der Waals surface area (Å²) >= 11 is 0. The number of carbonyl (C=O) groups excluding carboxylic acids is 1. The Labute approximate surface area is 112 Å². The SMILES string of the molecule is O=C(NC1CCCOC1)c1ccncc1C#CCO. The van der Waals surface area contributed by atoms with Crippen molar-refractivity contribution in [3.63, 3.8) is 0 Å². The van der Waals surface area contributed by atoms with E-state index in [1.165, 1.54) is 6.20 Å². The second kappa shape index (κ2) is 6.88. The fourth-order valence-corrected chi connectivity index (χ4v) is 1.94. The van der Waals surface area contributed by atoms with Gasteiger partial charge >= 0.3 is 0 Å². The molecule has 0 bridgehead atoms. The molecule has 5 nitrogen and oxygen atoms in total. The third-order valence-corrected chi connectivity index (χ3v) is 2.86. The molecule has 0 saturated carbocycles. The number of nitrogens with zero attached hydrogens (tertiary/aromatic N) is 1. The molecule has 1 amide bonds. The van der Waals surface area contributed by atoms with E-state index in [0.29, 0.717) is 17.7 Å². The lowest BCUT2D eigenvalue weighted by atomic mass is 10.1. The standard InChI is InChI=1S/C14H16N2O3/c17-7-1-3-11-9-15-6-5-13(11)14(18)16-12-4-2-8-19-10-12/h5-6,9,12,17H,2,4,7-8,10H2,(H,16,18). The van der Waals surface area contributed by atoms with Crippen molar-refractivity contribution in [3.05, 3.63) is 29.6 Å². The van der Waals surface area contributed by atoms with Gasteiger partial charge in [-0.15, -0.1) is 0 Å². The summed E-state index contributed by atoms with van der Waals surface area (Å²) in [5, 5.41) is 11.6. The summed E-state index contributed by atoms with van der Waals surface area (Å²) < 4.78 is 5.33. The van der Waals surface area contributed by atoms with Crippen LogP contribution in [0.25, 0.3) is 0 Å². The molecular formula is C14H16N2O3. The first kappa shape index (κ1) is 13.5. The maximum absolute atomic E-state index is 12.2. The monoisotopic (exact) mass is 260 g/mol. The van der Waals surface area contributed by atoms with Crippen LogP contribution in [-0.4, -0.2) is 41.9 Å². The van der Waals surface area contributed by atoms with Crippen molar-refractivity contribution in [3.8, 4) is 11.8 Å². The van der Waals surface area contributed by atoms with Crippen LogP contribution in [0.5, 0.6) is 0 Å². The number of pyridine rings is 1. The number of aliphatic hydroxyl groups is 1. The topological polar surface area (TPSA) is 71.5 Å². The normalized spacial score (nSPS) is 18.3. The fraction of sp³-hybridized carbons (Fsp3) is 0.429. The van der Waals surface area contributed by atoms with Gasteiger partial charge in [-0.3, -0.25) is 9.78 Å². The lowest BCUT2D eigenvalue weighted by molar-refractivity contribution is 0.0624. The van der Waals surface area contributed by atoms with Gasteiger partial charge in [0.15, 0.2) is 0 Å². The maximum atomic E-state index is 12.2. The van der Waals surface area contributed by atoms with Gasteiger partial charge in [0.2, 0.25) is 0 Å². The van der Waals surface area contributed by atoms with E-state index in [9.17, 15) is 4.79 Å². The van der Waals surface area contributed by atoms with Gasteiger partial charge in [-0.1, -0.05) is 11.8 Å². The summed E-state index contributed by atoms with van der Waals surface area (Å²) in [4.78, 5) is 16.1. The van der Waals surface area contributed by atoms with Crippen LogP contribution in [0.15, 0.2) is 18.5 Å². The molecule has 2 N–H and O–H groups in total. The van der Waals surface area contributed by atoms with Gasteiger partial charge < -0.3 is 15.2 Å². The minimum absolute atomic E-state index is 0.0491. The number of nitrogens with one attached hydrogen (secondary N) is 1. The third-order valence-electron chi connectivity index (χ3n) is 2.86. The summed E-state index contributed by atoms with van der Waals surface area (Å²) in [6.07, 6.45) is 4.96. The number of rotatable bonds is 2. The van der Waals surface area contributed by atoms with Crippen LogP contribution < -0.4 is 5.32 Å². The second-order valence-corrected chi connectivity index (χ2v) is 4.27. The van der Waals surface area contributed by atoms with Gasteiger partial charge in [0.05, 0.1) is 23.8 Å². The molecule has 1 aliphatic rings. The van der Waals surface area contributed by atoms with Crippen molar-refractivity contribution in [2.45, 2.75) is 18.9 Å². The Morgan fingerprint density at radius 1 is 1.63 bits per heavy atom. The Morgan fingerprint density at radius 3 is 3.26 bits per heavy atom. The van der Waals surface area contributed by atoms with E-state index < -0.39 is 0 Å². The van der Waals surface area contributed by atoms with Crippen LogP contribution in [-0.2, 0) is 4.74 Å². The predicted octanol–water partition coefficient (Wildman–Crippen LogP) is 0.334. The average molecular weight is 260 g/mol. The minimum Gasteiger partial charge on any atom is -0.384 e. The molecule has 0 spiro atoms. The lowest BCUT2D eigenvalue weighted by Gasteiger charge is -2.23. The highest BCUT2D eigenvalue weighted by atomic mass is 16.5. The molecule has 1 aliphatic heterocycles. The van der Waals surface area contributed by atoms with Crippen molar-refractivity contribution in [2.24, 2.45) is 0 Å². The van der Waals surface area contributed by atoms with Gasteiger partial charge in [-0.2, -0.15) is 0 Å². The molecule has 100 valence electrons. The van der Waals surface area contributed by atoms with Crippen molar-refractivity contribution in [1.82, 2.24) is 10.3 Å². The Balaban J connectivity index is 2.09. The molecule has 1 atom stereocenters. The number of carbonyl (C=O) groups is 1. The molecule has 1 fully saturated rings. The fourth-order valence-electron chi connectivity index (χ4n) is 1.94. The molecule has 1 aromatic heterocycles. The molecule has 1 unspecified atom stereocenters. The Hall–Kier alpha value is -1.90. The van der Waals surface area contributed by atoms with Crippen molar-refractivity contribution >= 4 is 5.91 Å². The smallest absolute Gasteiger partial charge is 0.252 e. The molecule has 2 rings (SSSR count). The zero-order valence-electron chi connectivity index (χ0n) is 10.6. The molecule has 1 aromatic rings. The summed E-state index contributed by atoms with van der Waals surface area (Å²) in [6.45, 7) is 1.07. The second-order valence-electron chi connectivity index (χ2n) is 4.27.